The molecule has 3 heterocycles. The van der Waals surface area contributed by atoms with E-state index in [0.29, 0.717) is 28.7 Å². The molecule has 3 N–H and O–H groups in total. The summed E-state index contributed by atoms with van der Waals surface area (Å²) in [5.74, 6) is 0. The van der Waals surface area contributed by atoms with E-state index in [1.54, 1.807) is 12.5 Å². The third kappa shape index (κ3) is 5.08. The monoisotopic (exact) mass is 465 g/mol. The minimum absolute atomic E-state index is 0. The SMILES string of the molecule is Cl.Cl.O[C@H]1CCCN[C@@H]1CCCn1cnc2cc(C(F)(F)F)cc(-c3cn[nH]c3)c21. The number of hydrogen-bond acceptors (Lipinski definition) is 4. The second kappa shape index (κ2) is 10.00. The van der Waals surface area contributed by atoms with Gasteiger partial charge in [-0.15, -0.1) is 24.8 Å². The Kier molecular flexibility index (Phi) is 8.15. The van der Waals surface area contributed by atoms with Crippen molar-refractivity contribution in [1.29, 1.82) is 0 Å². The number of benzene rings is 1. The molecule has 0 spiro atoms. The first kappa shape index (κ1) is 24.5. The van der Waals surface area contributed by atoms with E-state index in [4.69, 9.17) is 0 Å². The lowest BCUT2D eigenvalue weighted by atomic mass is 9.97. The largest absolute Gasteiger partial charge is 0.416 e. The molecule has 0 bridgehead atoms. The van der Waals surface area contributed by atoms with Gasteiger partial charge in [0.05, 0.1) is 35.2 Å². The van der Waals surface area contributed by atoms with E-state index in [0.717, 1.165) is 44.4 Å². The smallest absolute Gasteiger partial charge is 0.392 e. The summed E-state index contributed by atoms with van der Waals surface area (Å²) in [6.07, 6.45) is 3.23. The Hall–Kier alpha value is -1.81. The van der Waals surface area contributed by atoms with E-state index in [9.17, 15) is 18.3 Å². The summed E-state index contributed by atoms with van der Waals surface area (Å²) in [5, 5.41) is 19.9. The van der Waals surface area contributed by atoms with Gasteiger partial charge in [0.2, 0.25) is 0 Å². The molecule has 0 amide bonds. The Morgan fingerprint density at radius 3 is 2.70 bits per heavy atom. The van der Waals surface area contributed by atoms with Crippen molar-refractivity contribution in [3.8, 4) is 11.1 Å². The minimum atomic E-state index is -4.45. The van der Waals surface area contributed by atoms with Gasteiger partial charge >= 0.3 is 6.18 Å². The van der Waals surface area contributed by atoms with E-state index in [2.05, 4.69) is 20.5 Å². The van der Waals surface area contributed by atoms with Crippen LogP contribution < -0.4 is 5.32 Å². The minimum Gasteiger partial charge on any atom is -0.392 e. The number of fused-ring (bicyclic) bond motifs is 1. The topological polar surface area (TPSA) is 78.8 Å². The number of nitrogens with zero attached hydrogens (tertiary/aromatic N) is 3. The van der Waals surface area contributed by atoms with Crippen molar-refractivity contribution >= 4 is 35.8 Å². The van der Waals surface area contributed by atoms with Crippen LogP contribution in [0.25, 0.3) is 22.2 Å². The molecule has 0 saturated carbocycles. The molecule has 30 heavy (non-hydrogen) atoms. The number of halogens is 5. The number of aliphatic hydroxyl groups excluding tert-OH is 1. The first-order chi connectivity index (χ1) is 13.4. The van der Waals surface area contributed by atoms with Gasteiger partial charge in [-0.25, -0.2) is 4.98 Å². The average molecular weight is 466 g/mol. The highest BCUT2D eigenvalue weighted by atomic mass is 35.5. The predicted molar refractivity (Wildman–Crippen MR) is 113 cm³/mol. The zero-order valence-electron chi connectivity index (χ0n) is 16.0. The Morgan fingerprint density at radius 1 is 1.23 bits per heavy atom. The second-order valence-electron chi connectivity index (χ2n) is 7.23. The Morgan fingerprint density at radius 2 is 2.03 bits per heavy atom. The van der Waals surface area contributed by atoms with Gasteiger partial charge in [0.15, 0.2) is 0 Å². The maximum absolute atomic E-state index is 13.3. The maximum atomic E-state index is 13.3. The number of nitrogens with one attached hydrogen (secondary N) is 2. The van der Waals surface area contributed by atoms with Crippen LogP contribution in [0.15, 0.2) is 30.9 Å². The lowest BCUT2D eigenvalue weighted by molar-refractivity contribution is -0.137. The molecule has 1 fully saturated rings. The van der Waals surface area contributed by atoms with Crippen LogP contribution in [0, 0.1) is 0 Å². The standard InChI is InChI=1S/C19H22F3N5O.2ClH/c20-19(21,22)13-7-14(12-9-25-26-10-12)18-16(8-13)24-11-27(18)6-2-3-15-17(28)4-1-5-23-15;;/h7-11,15,17,23,28H,1-6H2,(H,25,26);2*1H/t15-,17+;;/m1../s1. The highest BCUT2D eigenvalue weighted by molar-refractivity contribution is 5.93. The van der Waals surface area contributed by atoms with Gasteiger partial charge in [0.1, 0.15) is 0 Å². The third-order valence-electron chi connectivity index (χ3n) is 5.31. The fraction of sp³-hybridized carbons (Fsp3) is 0.474. The van der Waals surface area contributed by atoms with E-state index in [1.165, 1.54) is 6.20 Å². The van der Waals surface area contributed by atoms with E-state index >= 15 is 0 Å². The van der Waals surface area contributed by atoms with Gasteiger partial charge in [-0.1, -0.05) is 0 Å². The molecule has 6 nitrogen and oxygen atoms in total. The molecule has 3 aromatic rings. The number of hydrogen-bond donors (Lipinski definition) is 3. The van der Waals surface area contributed by atoms with Gasteiger partial charge in [0, 0.05) is 29.9 Å². The van der Waals surface area contributed by atoms with Crippen molar-refractivity contribution in [2.45, 2.75) is 50.6 Å². The molecule has 166 valence electrons. The number of imidazole rings is 1. The number of rotatable bonds is 5. The van der Waals surface area contributed by atoms with Gasteiger partial charge in [-0.2, -0.15) is 18.3 Å². The van der Waals surface area contributed by atoms with E-state index in [-0.39, 0.29) is 37.0 Å². The van der Waals surface area contributed by atoms with Gasteiger partial charge in [-0.05, 0) is 44.4 Å². The van der Waals surface area contributed by atoms with Crippen molar-refractivity contribution in [1.82, 2.24) is 25.1 Å². The summed E-state index contributed by atoms with van der Waals surface area (Å²) >= 11 is 0. The van der Waals surface area contributed by atoms with Crippen molar-refractivity contribution in [3.63, 3.8) is 0 Å². The fourth-order valence-corrected chi connectivity index (χ4v) is 3.87. The molecule has 0 unspecified atom stereocenters. The summed E-state index contributed by atoms with van der Waals surface area (Å²) in [7, 11) is 0. The molecular formula is C19H24Cl2F3N5O. The number of piperidine rings is 1. The van der Waals surface area contributed by atoms with Crippen LogP contribution in [0.5, 0.6) is 0 Å². The van der Waals surface area contributed by atoms with Crippen molar-refractivity contribution in [2.24, 2.45) is 0 Å². The third-order valence-corrected chi connectivity index (χ3v) is 5.31. The van der Waals surface area contributed by atoms with Crippen LogP contribution in [0.2, 0.25) is 0 Å². The number of aromatic amines is 1. The summed E-state index contributed by atoms with van der Waals surface area (Å²) in [6.45, 7) is 1.51. The predicted octanol–water partition coefficient (Wildman–Crippen LogP) is 4.18. The highest BCUT2D eigenvalue weighted by Crippen LogP contribution is 2.36. The molecule has 0 radical (unpaired) electrons. The fourth-order valence-electron chi connectivity index (χ4n) is 3.87. The molecule has 1 saturated heterocycles. The number of alkyl halides is 3. The number of aromatic nitrogens is 4. The molecular weight excluding hydrogens is 442 g/mol. The number of aryl methyl sites for hydroxylation is 1. The molecule has 1 aliphatic heterocycles. The molecule has 11 heteroatoms. The van der Waals surface area contributed by atoms with Crippen molar-refractivity contribution in [3.05, 3.63) is 36.4 Å². The van der Waals surface area contributed by atoms with Gasteiger partial charge in [0.25, 0.3) is 0 Å². The number of aliphatic hydroxyl groups is 1. The zero-order chi connectivity index (χ0) is 19.7. The van der Waals surface area contributed by atoms with Crippen LogP contribution >= 0.6 is 24.8 Å². The second-order valence-corrected chi connectivity index (χ2v) is 7.23. The van der Waals surface area contributed by atoms with Crippen LogP contribution in [0.3, 0.4) is 0 Å². The summed E-state index contributed by atoms with van der Waals surface area (Å²) < 4.78 is 41.8. The Balaban J connectivity index is 0.00000160. The van der Waals surface area contributed by atoms with Crippen LogP contribution in [-0.2, 0) is 12.7 Å². The van der Waals surface area contributed by atoms with Gasteiger partial charge in [-0.3, -0.25) is 5.10 Å². The van der Waals surface area contributed by atoms with Crippen LogP contribution in [0.1, 0.15) is 31.2 Å². The summed E-state index contributed by atoms with van der Waals surface area (Å²) in [5.41, 5.74) is 1.28. The zero-order valence-corrected chi connectivity index (χ0v) is 17.7. The highest BCUT2D eigenvalue weighted by Gasteiger charge is 2.32. The molecule has 4 rings (SSSR count). The van der Waals surface area contributed by atoms with Crippen molar-refractivity contribution in [2.75, 3.05) is 6.54 Å². The van der Waals surface area contributed by atoms with Crippen LogP contribution in [0.4, 0.5) is 13.2 Å². The first-order valence-corrected chi connectivity index (χ1v) is 9.40. The summed E-state index contributed by atoms with van der Waals surface area (Å²) in [4.78, 5) is 4.21. The normalized spacial score (nSPS) is 19.3. The molecule has 2 aromatic heterocycles. The maximum Gasteiger partial charge on any atom is 0.416 e. The molecule has 0 aliphatic carbocycles. The average Bonchev–Trinajstić information content (AvgIpc) is 3.32. The number of H-pyrrole nitrogens is 1. The van der Waals surface area contributed by atoms with E-state index in [1.807, 2.05) is 4.57 Å². The molecule has 1 aliphatic rings. The molecule has 2 atom stereocenters. The lowest BCUT2D eigenvalue weighted by Crippen LogP contribution is -2.44. The molecule has 1 aromatic carbocycles. The van der Waals surface area contributed by atoms with Crippen LogP contribution in [-0.4, -0.2) is 43.5 Å². The van der Waals surface area contributed by atoms with Crippen molar-refractivity contribution < 1.29 is 18.3 Å². The first-order valence-electron chi connectivity index (χ1n) is 9.40. The quantitative estimate of drug-likeness (QED) is 0.527. The Labute approximate surface area is 184 Å². The summed E-state index contributed by atoms with van der Waals surface area (Å²) in [6, 6.07) is 2.30. The van der Waals surface area contributed by atoms with Gasteiger partial charge < -0.3 is 15.0 Å². The van der Waals surface area contributed by atoms with E-state index < -0.39 is 11.7 Å². The lowest BCUT2D eigenvalue weighted by Gasteiger charge is -2.29. The Bertz CT molecular complexity index is 946.